The predicted molar refractivity (Wildman–Crippen MR) is 141 cm³/mol. The van der Waals surface area contributed by atoms with Crippen molar-refractivity contribution < 1.29 is 19.1 Å². The second-order valence-corrected chi connectivity index (χ2v) is 9.82. The molecule has 4 aromatic rings. The van der Waals surface area contributed by atoms with Crippen LogP contribution in [0.1, 0.15) is 39.9 Å². The molecule has 2 aromatic heterocycles. The van der Waals surface area contributed by atoms with Gasteiger partial charge in [-0.15, -0.1) is 0 Å². The van der Waals surface area contributed by atoms with Crippen molar-refractivity contribution in [1.82, 2.24) is 14.9 Å². The highest BCUT2D eigenvalue weighted by molar-refractivity contribution is 6.32. The molecular weight excluding hydrogens is 480 g/mol. The number of ether oxygens (including phenoxy) is 1. The number of rotatable bonds is 7. The van der Waals surface area contributed by atoms with E-state index in [1.165, 1.54) is 12.4 Å². The van der Waals surface area contributed by atoms with Crippen LogP contribution in [-0.4, -0.2) is 38.2 Å². The van der Waals surface area contributed by atoms with Crippen LogP contribution >= 0.6 is 11.6 Å². The topological polar surface area (TPSA) is 101 Å². The van der Waals surface area contributed by atoms with Crippen LogP contribution in [0.5, 0.6) is 5.75 Å². The molecule has 0 bridgehead atoms. The number of anilines is 2. The number of benzene rings is 2. The van der Waals surface area contributed by atoms with Crippen molar-refractivity contribution in [2.75, 3.05) is 11.9 Å². The largest absolute Gasteiger partial charge is 0.506 e. The van der Waals surface area contributed by atoms with E-state index in [1.54, 1.807) is 17.0 Å². The van der Waals surface area contributed by atoms with E-state index in [2.05, 4.69) is 15.3 Å². The van der Waals surface area contributed by atoms with Gasteiger partial charge in [0.25, 0.3) is 0 Å². The number of nitrogens with zero attached hydrogens (tertiary/aromatic N) is 3. The first-order valence-corrected chi connectivity index (χ1v) is 12.1. The highest BCUT2D eigenvalue weighted by Crippen LogP contribution is 2.32. The molecule has 0 aliphatic heterocycles. The van der Waals surface area contributed by atoms with E-state index in [9.17, 15) is 9.90 Å². The van der Waals surface area contributed by atoms with Gasteiger partial charge in [0.1, 0.15) is 35.0 Å². The number of aromatic hydroxyl groups is 1. The molecular formula is C27H29ClN4O4. The van der Waals surface area contributed by atoms with Gasteiger partial charge in [0.05, 0.1) is 17.1 Å². The van der Waals surface area contributed by atoms with Crippen molar-refractivity contribution in [3.05, 3.63) is 65.6 Å². The molecule has 0 fully saturated rings. The Morgan fingerprint density at radius 2 is 1.94 bits per heavy atom. The summed E-state index contributed by atoms with van der Waals surface area (Å²) in [5.41, 5.74) is 1.71. The van der Waals surface area contributed by atoms with E-state index in [4.69, 9.17) is 20.8 Å². The van der Waals surface area contributed by atoms with Crippen LogP contribution in [0, 0.1) is 0 Å². The molecule has 0 aliphatic carbocycles. The van der Waals surface area contributed by atoms with Gasteiger partial charge in [-0.3, -0.25) is 0 Å². The first-order valence-electron chi connectivity index (χ1n) is 11.7. The van der Waals surface area contributed by atoms with Gasteiger partial charge in [0.2, 0.25) is 0 Å². The number of nitrogens with one attached hydrogen (secondary N) is 1. The van der Waals surface area contributed by atoms with Crippen LogP contribution in [-0.2, 0) is 11.3 Å². The summed E-state index contributed by atoms with van der Waals surface area (Å²) in [5, 5.41) is 14.0. The number of phenols is 1. The average molecular weight is 509 g/mol. The van der Waals surface area contributed by atoms with Crippen molar-refractivity contribution in [3.8, 4) is 17.1 Å². The third-order valence-electron chi connectivity index (χ3n) is 5.28. The Morgan fingerprint density at radius 3 is 2.67 bits per heavy atom. The molecule has 9 heteroatoms. The SMILES string of the molecule is CCCN(Cc1ccc(-c2ccc3ncnc(Nc4ccc(O)c(Cl)c4)c3c2)o1)C(=O)OC(C)(C)C. The molecule has 0 atom stereocenters. The van der Waals surface area contributed by atoms with Crippen LogP contribution in [0.3, 0.4) is 0 Å². The molecule has 0 saturated heterocycles. The second-order valence-electron chi connectivity index (χ2n) is 9.41. The van der Waals surface area contributed by atoms with Crippen molar-refractivity contribution in [2.24, 2.45) is 0 Å². The molecule has 1 amide bonds. The molecule has 0 unspecified atom stereocenters. The Bertz CT molecular complexity index is 1380. The Hall–Kier alpha value is -3.78. The monoisotopic (exact) mass is 508 g/mol. The molecule has 0 saturated carbocycles. The minimum absolute atomic E-state index is 0.00911. The van der Waals surface area contributed by atoms with Crippen LogP contribution < -0.4 is 5.32 Å². The van der Waals surface area contributed by atoms with Gasteiger partial charge >= 0.3 is 6.09 Å². The van der Waals surface area contributed by atoms with Crippen LogP contribution in [0.4, 0.5) is 16.3 Å². The molecule has 188 valence electrons. The summed E-state index contributed by atoms with van der Waals surface area (Å²) >= 11 is 6.04. The third kappa shape index (κ3) is 6.07. The zero-order valence-corrected chi connectivity index (χ0v) is 21.5. The van der Waals surface area contributed by atoms with Crippen molar-refractivity contribution in [2.45, 2.75) is 46.3 Å². The standard InChI is InChI=1S/C27H29ClN4O4/c1-5-12-32(26(34)36-27(2,3)4)15-19-8-11-24(35-19)17-6-9-22-20(13-17)25(30-16-29-22)31-18-7-10-23(33)21(28)14-18/h6-11,13-14,16,33H,5,12,15H2,1-4H3,(H,29,30,31). The Kier molecular flexibility index (Phi) is 7.35. The van der Waals surface area contributed by atoms with Crippen molar-refractivity contribution >= 4 is 40.1 Å². The summed E-state index contributed by atoms with van der Waals surface area (Å²) < 4.78 is 11.6. The molecule has 8 nitrogen and oxygen atoms in total. The number of aromatic nitrogens is 2. The molecule has 2 aromatic carbocycles. The lowest BCUT2D eigenvalue weighted by atomic mass is 10.1. The highest BCUT2D eigenvalue weighted by Gasteiger charge is 2.23. The predicted octanol–water partition coefficient (Wildman–Crippen LogP) is 7.14. The summed E-state index contributed by atoms with van der Waals surface area (Å²) in [4.78, 5) is 23.0. The van der Waals surface area contributed by atoms with Crippen molar-refractivity contribution in [3.63, 3.8) is 0 Å². The van der Waals surface area contributed by atoms with Crippen LogP contribution in [0.15, 0.2) is 59.3 Å². The number of furan rings is 1. The smallest absolute Gasteiger partial charge is 0.410 e. The van der Waals surface area contributed by atoms with Gasteiger partial charge in [0.15, 0.2) is 0 Å². The lowest BCUT2D eigenvalue weighted by Gasteiger charge is -2.26. The van der Waals surface area contributed by atoms with Gasteiger partial charge in [-0.25, -0.2) is 14.8 Å². The highest BCUT2D eigenvalue weighted by atomic mass is 35.5. The van der Waals surface area contributed by atoms with E-state index in [1.807, 2.05) is 58.0 Å². The zero-order valence-electron chi connectivity index (χ0n) is 20.7. The summed E-state index contributed by atoms with van der Waals surface area (Å²) in [6.07, 6.45) is 1.92. The number of hydrogen-bond donors (Lipinski definition) is 2. The zero-order chi connectivity index (χ0) is 25.9. The number of halogens is 1. The number of hydrogen-bond acceptors (Lipinski definition) is 7. The number of phenolic OH excluding ortho intramolecular Hbond substituents is 1. The molecule has 2 N–H and O–H groups in total. The maximum Gasteiger partial charge on any atom is 0.410 e. The minimum atomic E-state index is -0.568. The Balaban J connectivity index is 1.58. The normalized spacial score (nSPS) is 11.5. The van der Waals surface area contributed by atoms with E-state index in [0.717, 1.165) is 22.9 Å². The minimum Gasteiger partial charge on any atom is -0.506 e. The number of amides is 1. The summed E-state index contributed by atoms with van der Waals surface area (Å²) in [6, 6.07) is 14.4. The summed E-state index contributed by atoms with van der Waals surface area (Å²) in [7, 11) is 0. The molecule has 0 radical (unpaired) electrons. The third-order valence-corrected chi connectivity index (χ3v) is 5.59. The van der Waals surface area contributed by atoms with E-state index < -0.39 is 5.60 Å². The maximum absolute atomic E-state index is 12.6. The quantitative estimate of drug-likeness (QED) is 0.256. The van der Waals surface area contributed by atoms with Gasteiger partial charge in [-0.05, 0) is 75.7 Å². The number of carbonyl (C=O) groups excluding carboxylic acids is 1. The first-order chi connectivity index (χ1) is 17.1. The number of fused-ring (bicyclic) bond motifs is 1. The van der Waals surface area contributed by atoms with Gasteiger partial charge < -0.3 is 24.5 Å². The molecule has 36 heavy (non-hydrogen) atoms. The second kappa shape index (κ2) is 10.5. The van der Waals surface area contributed by atoms with Crippen LogP contribution in [0.25, 0.3) is 22.2 Å². The average Bonchev–Trinajstić information content (AvgIpc) is 3.29. The fourth-order valence-electron chi connectivity index (χ4n) is 3.67. The van der Waals surface area contributed by atoms with Gasteiger partial charge in [-0.1, -0.05) is 18.5 Å². The Labute approximate surface area is 214 Å². The summed E-state index contributed by atoms with van der Waals surface area (Å²) in [5.74, 6) is 1.92. The van der Waals surface area contributed by atoms with Crippen molar-refractivity contribution in [1.29, 1.82) is 0 Å². The molecule has 0 spiro atoms. The van der Waals surface area contributed by atoms with Gasteiger partial charge in [-0.2, -0.15) is 0 Å². The molecule has 4 rings (SSSR count). The van der Waals surface area contributed by atoms with E-state index >= 15 is 0 Å². The van der Waals surface area contributed by atoms with E-state index in [-0.39, 0.29) is 16.9 Å². The van der Waals surface area contributed by atoms with Crippen LogP contribution in [0.2, 0.25) is 5.02 Å². The van der Waals surface area contributed by atoms with Gasteiger partial charge in [0, 0.05) is 23.2 Å². The van der Waals surface area contributed by atoms with E-state index in [0.29, 0.717) is 36.1 Å². The fourth-order valence-corrected chi connectivity index (χ4v) is 3.85. The molecule has 0 aliphatic rings. The maximum atomic E-state index is 12.6. The summed E-state index contributed by atoms with van der Waals surface area (Å²) in [6.45, 7) is 8.44. The lowest BCUT2D eigenvalue weighted by molar-refractivity contribution is 0.0222. The Morgan fingerprint density at radius 1 is 1.14 bits per heavy atom. The lowest BCUT2D eigenvalue weighted by Crippen LogP contribution is -2.36. The fraction of sp³-hybridized carbons (Fsp3) is 0.296. The number of carbonyl (C=O) groups is 1. The molecule has 2 heterocycles. The first kappa shape index (κ1) is 25.3.